The molecule has 0 atom stereocenters. The van der Waals surface area contributed by atoms with Crippen LogP contribution in [0.2, 0.25) is 0 Å². The first-order valence-electron chi connectivity index (χ1n) is 7.85. The van der Waals surface area contributed by atoms with Crippen LogP contribution in [0.3, 0.4) is 0 Å². The van der Waals surface area contributed by atoms with E-state index in [1.807, 2.05) is 18.3 Å². The SMILES string of the molecule is O=C(CCCCc1cccnc1)N1CCC(OC(F)(F)F)CC1. The van der Waals surface area contributed by atoms with Crippen LogP contribution < -0.4 is 0 Å². The molecule has 7 heteroatoms. The number of piperidine rings is 1. The number of halogens is 3. The Morgan fingerprint density at radius 1 is 1.30 bits per heavy atom. The van der Waals surface area contributed by atoms with E-state index in [2.05, 4.69) is 9.72 Å². The highest BCUT2D eigenvalue weighted by atomic mass is 19.4. The Morgan fingerprint density at radius 3 is 2.65 bits per heavy atom. The monoisotopic (exact) mass is 330 g/mol. The second-order valence-corrected chi connectivity index (χ2v) is 5.71. The standard InChI is InChI=1S/C16H21F3N2O2/c17-16(18,19)23-14-7-10-21(11-8-14)15(22)6-2-1-4-13-5-3-9-20-12-13/h3,5,9,12,14H,1-2,4,6-8,10-11H2. The predicted molar refractivity (Wildman–Crippen MR) is 78.5 cm³/mol. The molecular formula is C16H21F3N2O2. The zero-order chi connectivity index (χ0) is 16.7. The van der Waals surface area contributed by atoms with Crippen molar-refractivity contribution in [2.45, 2.75) is 51.0 Å². The normalized spacial score (nSPS) is 16.6. The maximum absolute atomic E-state index is 12.1. The molecule has 128 valence electrons. The van der Waals surface area contributed by atoms with Crippen LogP contribution in [0, 0.1) is 0 Å². The largest absolute Gasteiger partial charge is 0.522 e. The van der Waals surface area contributed by atoms with Gasteiger partial charge in [0.2, 0.25) is 5.91 Å². The highest BCUT2D eigenvalue weighted by molar-refractivity contribution is 5.76. The van der Waals surface area contributed by atoms with Crippen LogP contribution in [0.1, 0.15) is 37.7 Å². The molecule has 0 saturated carbocycles. The number of hydrogen-bond acceptors (Lipinski definition) is 3. The highest BCUT2D eigenvalue weighted by Gasteiger charge is 2.35. The molecule has 1 fully saturated rings. The molecule has 4 nitrogen and oxygen atoms in total. The first-order valence-corrected chi connectivity index (χ1v) is 7.85. The number of hydrogen-bond donors (Lipinski definition) is 0. The van der Waals surface area contributed by atoms with Gasteiger partial charge in [0, 0.05) is 31.9 Å². The molecule has 0 aromatic carbocycles. The number of ether oxygens (including phenoxy) is 1. The molecule has 1 aromatic heterocycles. The summed E-state index contributed by atoms with van der Waals surface area (Å²) in [5, 5.41) is 0. The molecule has 0 aliphatic carbocycles. The van der Waals surface area contributed by atoms with Crippen LogP contribution in [-0.2, 0) is 16.0 Å². The Bertz CT molecular complexity index is 486. The first kappa shape index (κ1) is 17.7. The highest BCUT2D eigenvalue weighted by Crippen LogP contribution is 2.24. The summed E-state index contributed by atoms with van der Waals surface area (Å²) in [6.07, 6.45) is 1.56. The van der Waals surface area contributed by atoms with Gasteiger partial charge in [-0.1, -0.05) is 6.07 Å². The van der Waals surface area contributed by atoms with Gasteiger partial charge in [0.05, 0.1) is 6.10 Å². The lowest BCUT2D eigenvalue weighted by Crippen LogP contribution is -2.42. The third kappa shape index (κ3) is 6.56. The van der Waals surface area contributed by atoms with Gasteiger partial charge in [-0.15, -0.1) is 13.2 Å². The van der Waals surface area contributed by atoms with Gasteiger partial charge in [-0.3, -0.25) is 14.5 Å². The Kier molecular flexibility index (Phi) is 6.38. The number of pyridine rings is 1. The minimum atomic E-state index is -4.59. The van der Waals surface area contributed by atoms with Crippen LogP contribution in [-0.4, -0.2) is 41.3 Å². The fourth-order valence-electron chi connectivity index (χ4n) is 2.72. The predicted octanol–water partition coefficient (Wildman–Crippen LogP) is 3.32. The van der Waals surface area contributed by atoms with Crippen molar-refractivity contribution in [2.24, 2.45) is 0 Å². The second-order valence-electron chi connectivity index (χ2n) is 5.71. The minimum absolute atomic E-state index is 0.0154. The Morgan fingerprint density at radius 2 is 2.04 bits per heavy atom. The Hall–Kier alpha value is -1.63. The number of aromatic nitrogens is 1. The van der Waals surface area contributed by atoms with Crippen LogP contribution in [0.25, 0.3) is 0 Å². The summed E-state index contributed by atoms with van der Waals surface area (Å²) >= 11 is 0. The van der Waals surface area contributed by atoms with Crippen molar-refractivity contribution >= 4 is 5.91 Å². The van der Waals surface area contributed by atoms with Gasteiger partial charge in [0.1, 0.15) is 0 Å². The van der Waals surface area contributed by atoms with Gasteiger partial charge in [-0.05, 0) is 43.7 Å². The lowest BCUT2D eigenvalue weighted by Gasteiger charge is -2.32. The summed E-state index contributed by atoms with van der Waals surface area (Å²) < 4.78 is 40.4. The topological polar surface area (TPSA) is 42.4 Å². The van der Waals surface area contributed by atoms with Crippen molar-refractivity contribution in [1.82, 2.24) is 9.88 Å². The Balaban J connectivity index is 1.61. The fourth-order valence-corrected chi connectivity index (χ4v) is 2.72. The molecule has 1 saturated heterocycles. The van der Waals surface area contributed by atoms with Gasteiger partial charge in [0.25, 0.3) is 0 Å². The van der Waals surface area contributed by atoms with Crippen LogP contribution in [0.4, 0.5) is 13.2 Å². The van der Waals surface area contributed by atoms with E-state index in [4.69, 9.17) is 0 Å². The third-order valence-electron chi connectivity index (χ3n) is 3.92. The van der Waals surface area contributed by atoms with E-state index in [1.54, 1.807) is 11.1 Å². The molecule has 1 aliphatic rings. The number of likely N-dealkylation sites (tertiary alicyclic amines) is 1. The number of rotatable bonds is 6. The zero-order valence-electron chi connectivity index (χ0n) is 12.9. The quantitative estimate of drug-likeness (QED) is 0.752. The van der Waals surface area contributed by atoms with Crippen molar-refractivity contribution in [3.05, 3.63) is 30.1 Å². The second kappa shape index (κ2) is 8.29. The molecule has 1 aliphatic heterocycles. The molecule has 1 aromatic rings. The van der Waals surface area contributed by atoms with E-state index in [0.717, 1.165) is 24.8 Å². The summed E-state index contributed by atoms with van der Waals surface area (Å²) in [5.41, 5.74) is 1.14. The fraction of sp³-hybridized carbons (Fsp3) is 0.625. The third-order valence-corrected chi connectivity index (χ3v) is 3.92. The molecule has 23 heavy (non-hydrogen) atoms. The summed E-state index contributed by atoms with van der Waals surface area (Å²) in [7, 11) is 0. The minimum Gasteiger partial charge on any atom is -0.343 e. The number of carbonyl (C=O) groups excluding carboxylic acids is 1. The average Bonchev–Trinajstić information content (AvgIpc) is 2.51. The van der Waals surface area contributed by atoms with Gasteiger partial charge in [-0.25, -0.2) is 0 Å². The Labute approximate surface area is 133 Å². The van der Waals surface area contributed by atoms with Crippen LogP contribution in [0.15, 0.2) is 24.5 Å². The van der Waals surface area contributed by atoms with Crippen LogP contribution in [0.5, 0.6) is 0 Å². The molecule has 0 N–H and O–H groups in total. The van der Waals surface area contributed by atoms with E-state index >= 15 is 0 Å². The first-order chi connectivity index (χ1) is 10.9. The summed E-state index contributed by atoms with van der Waals surface area (Å²) in [6.45, 7) is 0.671. The van der Waals surface area contributed by atoms with E-state index in [9.17, 15) is 18.0 Å². The lowest BCUT2D eigenvalue weighted by atomic mass is 10.1. The molecule has 0 bridgehead atoms. The van der Waals surface area contributed by atoms with Gasteiger partial charge in [0.15, 0.2) is 0 Å². The van der Waals surface area contributed by atoms with Crippen molar-refractivity contribution in [3.8, 4) is 0 Å². The van der Waals surface area contributed by atoms with Crippen molar-refractivity contribution < 1.29 is 22.7 Å². The average molecular weight is 330 g/mol. The molecule has 0 radical (unpaired) electrons. The molecule has 2 rings (SSSR count). The molecule has 2 heterocycles. The van der Waals surface area contributed by atoms with E-state index in [1.165, 1.54) is 0 Å². The smallest absolute Gasteiger partial charge is 0.343 e. The lowest BCUT2D eigenvalue weighted by molar-refractivity contribution is -0.345. The zero-order valence-corrected chi connectivity index (χ0v) is 12.9. The maximum Gasteiger partial charge on any atom is 0.522 e. The number of alkyl halides is 3. The van der Waals surface area contributed by atoms with Gasteiger partial charge >= 0.3 is 6.36 Å². The number of nitrogens with zero attached hydrogens (tertiary/aromatic N) is 2. The number of unbranched alkanes of at least 4 members (excludes halogenated alkanes) is 1. The van der Waals surface area contributed by atoms with Crippen LogP contribution >= 0.6 is 0 Å². The summed E-state index contributed by atoms with van der Waals surface area (Å²) in [4.78, 5) is 17.7. The van der Waals surface area contributed by atoms with Gasteiger partial charge in [-0.2, -0.15) is 0 Å². The number of aryl methyl sites for hydroxylation is 1. The maximum atomic E-state index is 12.1. The van der Waals surface area contributed by atoms with Crippen molar-refractivity contribution in [2.75, 3.05) is 13.1 Å². The molecular weight excluding hydrogens is 309 g/mol. The van der Waals surface area contributed by atoms with E-state index in [0.29, 0.717) is 19.5 Å². The van der Waals surface area contributed by atoms with E-state index in [-0.39, 0.29) is 18.7 Å². The van der Waals surface area contributed by atoms with Crippen molar-refractivity contribution in [3.63, 3.8) is 0 Å². The molecule has 1 amide bonds. The van der Waals surface area contributed by atoms with E-state index < -0.39 is 12.5 Å². The van der Waals surface area contributed by atoms with Gasteiger partial charge < -0.3 is 4.90 Å². The molecule has 0 unspecified atom stereocenters. The number of carbonyl (C=O) groups is 1. The molecule has 0 spiro atoms. The van der Waals surface area contributed by atoms with Crippen molar-refractivity contribution in [1.29, 1.82) is 0 Å². The summed E-state index contributed by atoms with van der Waals surface area (Å²) in [6, 6.07) is 3.88. The summed E-state index contributed by atoms with van der Waals surface area (Å²) in [5.74, 6) is 0.0154. The number of amides is 1.